The minimum atomic E-state index is -0.0925. The second-order valence-corrected chi connectivity index (χ2v) is 5.75. The molecule has 1 aromatic carbocycles. The van der Waals surface area contributed by atoms with E-state index in [4.69, 9.17) is 0 Å². The van der Waals surface area contributed by atoms with E-state index in [9.17, 15) is 5.11 Å². The lowest BCUT2D eigenvalue weighted by Crippen LogP contribution is -2.15. The summed E-state index contributed by atoms with van der Waals surface area (Å²) < 4.78 is 2.20. The molecule has 0 amide bonds. The summed E-state index contributed by atoms with van der Waals surface area (Å²) in [7, 11) is 2.10. The molecule has 1 saturated carbocycles. The van der Waals surface area contributed by atoms with Crippen LogP contribution in [0.25, 0.3) is 10.9 Å². The first-order chi connectivity index (χ1) is 8.65. The number of rotatable bonds is 2. The van der Waals surface area contributed by atoms with E-state index in [0.717, 1.165) is 12.8 Å². The average molecular weight is 243 g/mol. The van der Waals surface area contributed by atoms with Crippen LogP contribution in [0.3, 0.4) is 0 Å². The molecule has 0 radical (unpaired) electrons. The molecule has 0 bridgehead atoms. The van der Waals surface area contributed by atoms with Gasteiger partial charge in [0.05, 0.1) is 6.10 Å². The number of hydrogen-bond donors (Lipinski definition) is 1. The highest BCUT2D eigenvalue weighted by Crippen LogP contribution is 2.31. The minimum absolute atomic E-state index is 0.0925. The maximum atomic E-state index is 9.98. The predicted molar refractivity (Wildman–Crippen MR) is 74.7 cm³/mol. The molecular formula is C16H21NO. The Bertz CT molecular complexity index is 570. The molecule has 18 heavy (non-hydrogen) atoms. The number of benzene rings is 1. The number of hydrogen-bond acceptors (Lipinski definition) is 1. The molecule has 1 aliphatic rings. The number of fused-ring (bicyclic) bond motifs is 1. The van der Waals surface area contributed by atoms with Gasteiger partial charge in [-0.1, -0.05) is 18.1 Å². The molecule has 1 N–H and O–H groups in total. The monoisotopic (exact) mass is 243 g/mol. The van der Waals surface area contributed by atoms with Gasteiger partial charge in [0, 0.05) is 24.1 Å². The molecular weight excluding hydrogens is 222 g/mol. The second kappa shape index (κ2) is 4.43. The van der Waals surface area contributed by atoms with Gasteiger partial charge in [0.2, 0.25) is 0 Å². The van der Waals surface area contributed by atoms with E-state index in [2.05, 4.69) is 42.9 Å². The van der Waals surface area contributed by atoms with Crippen LogP contribution in [0.1, 0.15) is 30.4 Å². The third-order valence-electron chi connectivity index (χ3n) is 4.33. The van der Waals surface area contributed by atoms with Crippen molar-refractivity contribution >= 4 is 10.9 Å². The van der Waals surface area contributed by atoms with Crippen molar-refractivity contribution in [2.75, 3.05) is 0 Å². The molecule has 2 aromatic rings. The highest BCUT2D eigenvalue weighted by molar-refractivity contribution is 5.84. The Hall–Kier alpha value is -1.28. The molecule has 96 valence electrons. The van der Waals surface area contributed by atoms with Crippen LogP contribution in [0, 0.1) is 12.8 Å². The molecule has 2 atom stereocenters. The zero-order valence-electron chi connectivity index (χ0n) is 11.2. The largest absolute Gasteiger partial charge is 0.393 e. The predicted octanol–water partition coefficient (Wildman–Crippen LogP) is 3.19. The number of aliphatic hydroxyl groups excluding tert-OH is 1. The van der Waals surface area contributed by atoms with E-state index in [1.165, 1.54) is 34.9 Å². The van der Waals surface area contributed by atoms with Crippen LogP contribution in [-0.4, -0.2) is 15.8 Å². The summed E-state index contributed by atoms with van der Waals surface area (Å²) in [6.45, 7) is 2.14. The van der Waals surface area contributed by atoms with Gasteiger partial charge in [0.25, 0.3) is 0 Å². The highest BCUT2D eigenvalue weighted by atomic mass is 16.3. The van der Waals surface area contributed by atoms with E-state index in [0.29, 0.717) is 5.92 Å². The third-order valence-corrected chi connectivity index (χ3v) is 4.33. The van der Waals surface area contributed by atoms with Gasteiger partial charge in [-0.25, -0.2) is 0 Å². The van der Waals surface area contributed by atoms with Gasteiger partial charge in [-0.05, 0) is 49.8 Å². The quantitative estimate of drug-likeness (QED) is 0.861. The van der Waals surface area contributed by atoms with Crippen molar-refractivity contribution in [2.45, 2.75) is 38.7 Å². The first-order valence-electron chi connectivity index (χ1n) is 6.88. The van der Waals surface area contributed by atoms with Gasteiger partial charge < -0.3 is 9.67 Å². The lowest BCUT2D eigenvalue weighted by atomic mass is 9.95. The lowest BCUT2D eigenvalue weighted by Gasteiger charge is -2.13. The van der Waals surface area contributed by atoms with E-state index in [1.54, 1.807) is 0 Å². The molecule has 3 rings (SSSR count). The van der Waals surface area contributed by atoms with Crippen molar-refractivity contribution in [1.29, 1.82) is 0 Å². The van der Waals surface area contributed by atoms with Gasteiger partial charge in [0.15, 0.2) is 0 Å². The molecule has 1 fully saturated rings. The fraction of sp³-hybridized carbons (Fsp3) is 0.500. The Morgan fingerprint density at radius 1 is 1.33 bits per heavy atom. The minimum Gasteiger partial charge on any atom is -0.393 e. The average Bonchev–Trinajstić information content (AvgIpc) is 2.86. The summed E-state index contributed by atoms with van der Waals surface area (Å²) in [5.74, 6) is 0.455. The molecule has 0 spiro atoms. The van der Waals surface area contributed by atoms with Crippen LogP contribution in [0.5, 0.6) is 0 Å². The van der Waals surface area contributed by atoms with E-state index < -0.39 is 0 Å². The Morgan fingerprint density at radius 3 is 2.89 bits per heavy atom. The fourth-order valence-electron chi connectivity index (χ4n) is 3.29. The van der Waals surface area contributed by atoms with Crippen molar-refractivity contribution < 1.29 is 5.11 Å². The first-order valence-corrected chi connectivity index (χ1v) is 6.88. The molecule has 2 nitrogen and oxygen atoms in total. The Morgan fingerprint density at radius 2 is 2.17 bits per heavy atom. The second-order valence-electron chi connectivity index (χ2n) is 5.75. The van der Waals surface area contributed by atoms with Gasteiger partial charge in [0.1, 0.15) is 0 Å². The van der Waals surface area contributed by atoms with Crippen LogP contribution in [0.2, 0.25) is 0 Å². The molecule has 1 aliphatic carbocycles. The summed E-state index contributed by atoms with van der Waals surface area (Å²) in [6.07, 6.45) is 6.48. The Labute approximate surface area is 108 Å². The molecule has 2 unspecified atom stereocenters. The van der Waals surface area contributed by atoms with Crippen LogP contribution >= 0.6 is 0 Å². The molecule has 0 aliphatic heterocycles. The molecule has 2 heteroatoms. The summed E-state index contributed by atoms with van der Waals surface area (Å²) >= 11 is 0. The normalized spacial score (nSPS) is 23.9. The van der Waals surface area contributed by atoms with Gasteiger partial charge >= 0.3 is 0 Å². The Balaban J connectivity index is 1.98. The van der Waals surface area contributed by atoms with Crippen LogP contribution < -0.4 is 0 Å². The summed E-state index contributed by atoms with van der Waals surface area (Å²) in [6, 6.07) is 6.63. The zero-order valence-corrected chi connectivity index (χ0v) is 11.2. The van der Waals surface area contributed by atoms with Crippen molar-refractivity contribution in [3.63, 3.8) is 0 Å². The van der Waals surface area contributed by atoms with Crippen molar-refractivity contribution in [3.8, 4) is 0 Å². The fourth-order valence-corrected chi connectivity index (χ4v) is 3.29. The Kier molecular flexibility index (Phi) is 2.90. The SMILES string of the molecule is Cc1ccc2c(c1)c(CC1CCCC1O)cn2C. The summed E-state index contributed by atoms with van der Waals surface area (Å²) in [5, 5.41) is 11.3. The molecule has 1 aromatic heterocycles. The standard InChI is InChI=1S/C16H21NO/c1-11-6-7-15-14(8-11)13(10-17(15)2)9-12-4-3-5-16(12)18/h6-8,10,12,16,18H,3-5,9H2,1-2H3. The zero-order chi connectivity index (χ0) is 12.7. The maximum Gasteiger partial charge on any atom is 0.0571 e. The summed E-state index contributed by atoms with van der Waals surface area (Å²) in [5.41, 5.74) is 3.99. The van der Waals surface area contributed by atoms with Crippen molar-refractivity contribution in [2.24, 2.45) is 13.0 Å². The van der Waals surface area contributed by atoms with E-state index in [-0.39, 0.29) is 6.10 Å². The molecule has 0 saturated heterocycles. The number of aliphatic hydroxyl groups is 1. The van der Waals surface area contributed by atoms with Crippen LogP contribution in [0.4, 0.5) is 0 Å². The van der Waals surface area contributed by atoms with E-state index in [1.807, 2.05) is 0 Å². The van der Waals surface area contributed by atoms with Gasteiger partial charge in [-0.2, -0.15) is 0 Å². The van der Waals surface area contributed by atoms with Gasteiger partial charge in [-0.15, -0.1) is 0 Å². The summed E-state index contributed by atoms with van der Waals surface area (Å²) in [4.78, 5) is 0. The maximum absolute atomic E-state index is 9.98. The first kappa shape index (κ1) is 11.8. The smallest absolute Gasteiger partial charge is 0.0571 e. The highest BCUT2D eigenvalue weighted by Gasteiger charge is 2.26. The molecule has 1 heterocycles. The van der Waals surface area contributed by atoms with Crippen molar-refractivity contribution in [3.05, 3.63) is 35.5 Å². The van der Waals surface area contributed by atoms with E-state index >= 15 is 0 Å². The van der Waals surface area contributed by atoms with Crippen LogP contribution in [-0.2, 0) is 13.5 Å². The topological polar surface area (TPSA) is 25.2 Å². The van der Waals surface area contributed by atoms with Crippen LogP contribution in [0.15, 0.2) is 24.4 Å². The van der Waals surface area contributed by atoms with Crippen molar-refractivity contribution in [1.82, 2.24) is 4.57 Å². The number of aryl methyl sites for hydroxylation is 2. The lowest BCUT2D eigenvalue weighted by molar-refractivity contribution is 0.133. The number of aromatic nitrogens is 1. The third kappa shape index (κ3) is 1.95. The van der Waals surface area contributed by atoms with Gasteiger partial charge in [-0.3, -0.25) is 0 Å². The number of nitrogens with zero attached hydrogens (tertiary/aromatic N) is 1.